The lowest BCUT2D eigenvalue weighted by Gasteiger charge is -2.23. The van der Waals surface area contributed by atoms with Crippen LogP contribution in [0.3, 0.4) is 0 Å². The number of hydrazine groups is 1. The van der Waals surface area contributed by atoms with Crippen LogP contribution in [-0.4, -0.2) is 39.7 Å². The Bertz CT molecular complexity index is 1360. The van der Waals surface area contributed by atoms with Gasteiger partial charge in [-0.3, -0.25) is 9.78 Å². The molecule has 12 heteroatoms. The Morgan fingerprint density at radius 3 is 2.37 bits per heavy atom. The zero-order chi connectivity index (χ0) is 30.1. The normalized spacial score (nSPS) is 14.5. The van der Waals surface area contributed by atoms with Crippen LogP contribution in [-0.2, 0) is 13.0 Å². The van der Waals surface area contributed by atoms with E-state index in [1.54, 1.807) is 6.07 Å². The number of hydrogen-bond acceptors (Lipinski definition) is 6. The number of hydrogen-bond donors (Lipinski definition) is 2. The van der Waals surface area contributed by atoms with Gasteiger partial charge in [-0.05, 0) is 61.1 Å². The molecule has 222 valence electrons. The minimum Gasteiger partial charge on any atom is -0.395 e. The summed E-state index contributed by atoms with van der Waals surface area (Å²) in [6.07, 6.45) is -0.135. The first kappa shape index (κ1) is 31.7. The van der Waals surface area contributed by atoms with Crippen molar-refractivity contribution in [2.75, 3.05) is 7.05 Å². The summed E-state index contributed by atoms with van der Waals surface area (Å²) in [6, 6.07) is 11.0. The van der Waals surface area contributed by atoms with Crippen LogP contribution in [0.15, 0.2) is 59.2 Å². The van der Waals surface area contributed by atoms with Gasteiger partial charge in [0.05, 0.1) is 17.9 Å². The highest BCUT2D eigenvalue weighted by Gasteiger charge is 2.25. The number of pyridine rings is 1. The van der Waals surface area contributed by atoms with Gasteiger partial charge in [0, 0.05) is 25.2 Å². The minimum absolute atomic E-state index is 0.0193. The van der Waals surface area contributed by atoms with E-state index in [9.17, 15) is 26.7 Å². The molecule has 1 saturated carbocycles. The van der Waals surface area contributed by atoms with Crippen LogP contribution < -0.4 is 17.1 Å². The van der Waals surface area contributed by atoms with Crippen molar-refractivity contribution >= 4 is 5.70 Å². The van der Waals surface area contributed by atoms with E-state index in [-0.39, 0.29) is 40.9 Å². The third-order valence-electron chi connectivity index (χ3n) is 6.82. The maximum absolute atomic E-state index is 13.6. The smallest absolute Gasteiger partial charge is 0.281 e. The molecule has 0 spiro atoms. The molecule has 4 rings (SSSR count). The summed E-state index contributed by atoms with van der Waals surface area (Å²) in [4.78, 5) is 17.5. The number of rotatable bonds is 8. The van der Waals surface area contributed by atoms with Gasteiger partial charge in [-0.1, -0.05) is 37.5 Å². The van der Waals surface area contributed by atoms with Crippen molar-refractivity contribution < 1.29 is 22.0 Å². The molecule has 1 aromatic carbocycles. The Kier molecular flexibility index (Phi) is 11.4. The lowest BCUT2D eigenvalue weighted by Crippen LogP contribution is -2.34. The Balaban J connectivity index is 0.000000496. The molecule has 0 bridgehead atoms. The first-order valence-electron chi connectivity index (χ1n) is 13.3. The van der Waals surface area contributed by atoms with E-state index in [1.165, 1.54) is 43.6 Å². The summed E-state index contributed by atoms with van der Waals surface area (Å²) in [7, 11) is 1.23. The first-order valence-corrected chi connectivity index (χ1v) is 13.3. The Morgan fingerprint density at radius 1 is 1.10 bits per heavy atom. The van der Waals surface area contributed by atoms with E-state index >= 15 is 0 Å². The zero-order valence-electron chi connectivity index (χ0n) is 23.0. The van der Waals surface area contributed by atoms with Gasteiger partial charge >= 0.3 is 0 Å². The molecule has 1 fully saturated rings. The van der Waals surface area contributed by atoms with Crippen LogP contribution in [0.4, 0.5) is 22.0 Å². The van der Waals surface area contributed by atoms with Gasteiger partial charge in [0.25, 0.3) is 12.0 Å². The molecule has 0 amide bonds. The summed E-state index contributed by atoms with van der Waals surface area (Å²) < 4.78 is 66.5. The average Bonchev–Trinajstić information content (AvgIpc) is 2.91. The van der Waals surface area contributed by atoms with Crippen LogP contribution >= 0.6 is 0 Å². The second kappa shape index (κ2) is 14.7. The monoisotopic (exact) mass is 578 g/mol. The Hall–Kier alpha value is -3.80. The van der Waals surface area contributed by atoms with Gasteiger partial charge in [-0.25, -0.2) is 32.5 Å². The summed E-state index contributed by atoms with van der Waals surface area (Å²) in [6.45, 7) is 1.67. The fraction of sp³-hybridized carbons (Fsp3) is 0.414. The van der Waals surface area contributed by atoms with Crippen molar-refractivity contribution in [1.29, 1.82) is 0 Å². The fourth-order valence-corrected chi connectivity index (χ4v) is 4.81. The van der Waals surface area contributed by atoms with Crippen molar-refractivity contribution in [2.24, 2.45) is 11.6 Å². The largest absolute Gasteiger partial charge is 0.395 e. The number of allylic oxidation sites excluding steroid dienone is 1. The molecule has 2 aromatic heterocycles. The molecule has 0 radical (unpaired) electrons. The molecule has 0 unspecified atom stereocenters. The van der Waals surface area contributed by atoms with E-state index in [1.807, 2.05) is 13.0 Å². The van der Waals surface area contributed by atoms with Gasteiger partial charge in [-0.15, -0.1) is 0 Å². The lowest BCUT2D eigenvalue weighted by molar-refractivity contribution is 0.148. The predicted molar refractivity (Wildman–Crippen MR) is 148 cm³/mol. The maximum atomic E-state index is 13.6. The van der Waals surface area contributed by atoms with E-state index in [2.05, 4.69) is 10.1 Å². The predicted octanol–water partition coefficient (Wildman–Crippen LogP) is 5.37. The van der Waals surface area contributed by atoms with Crippen molar-refractivity contribution in [3.05, 3.63) is 98.6 Å². The van der Waals surface area contributed by atoms with Crippen molar-refractivity contribution in [2.45, 2.75) is 70.8 Å². The van der Waals surface area contributed by atoms with E-state index in [0.29, 0.717) is 5.56 Å². The topological polar surface area (TPSA) is 103 Å². The maximum Gasteiger partial charge on any atom is 0.281 e. The van der Waals surface area contributed by atoms with Gasteiger partial charge in [0.1, 0.15) is 17.2 Å². The van der Waals surface area contributed by atoms with E-state index in [4.69, 9.17) is 11.6 Å². The molecule has 1 aliphatic rings. The molecule has 0 aliphatic heterocycles. The highest BCUT2D eigenvalue weighted by Crippen LogP contribution is 2.32. The molecule has 4 N–H and O–H groups in total. The van der Waals surface area contributed by atoms with Crippen molar-refractivity contribution in [3.63, 3.8) is 0 Å². The molecule has 0 saturated heterocycles. The summed E-state index contributed by atoms with van der Waals surface area (Å²) in [5.41, 5.74) is 6.54. The van der Waals surface area contributed by atoms with Crippen LogP contribution in [0.5, 0.6) is 0 Å². The van der Waals surface area contributed by atoms with Crippen LogP contribution in [0.1, 0.15) is 66.1 Å². The van der Waals surface area contributed by atoms with Crippen molar-refractivity contribution in [1.82, 2.24) is 19.8 Å². The minimum atomic E-state index is -2.96. The summed E-state index contributed by atoms with van der Waals surface area (Å²) in [5.74, 6) is 5.32. The number of aromatic nitrogens is 3. The van der Waals surface area contributed by atoms with Gasteiger partial charge in [0.15, 0.2) is 0 Å². The highest BCUT2D eigenvalue weighted by atomic mass is 19.3. The second-order valence-electron chi connectivity index (χ2n) is 10.00. The molecule has 7 nitrogen and oxygen atoms in total. The van der Waals surface area contributed by atoms with E-state index < -0.39 is 30.5 Å². The summed E-state index contributed by atoms with van der Waals surface area (Å²) >= 11 is 0. The number of alkyl halides is 4. The average molecular weight is 579 g/mol. The molecule has 2 heterocycles. The number of nitrogens with two attached hydrogens (primary N) is 2. The molecule has 0 atom stereocenters. The number of nitrogens with zero attached hydrogens (tertiary/aromatic N) is 4. The number of aryl methyl sites for hydroxylation is 1. The van der Waals surface area contributed by atoms with Gasteiger partial charge in [0.2, 0.25) is 6.43 Å². The van der Waals surface area contributed by atoms with Gasteiger partial charge < -0.3 is 10.7 Å². The van der Waals surface area contributed by atoms with Crippen LogP contribution in [0, 0.1) is 12.7 Å². The van der Waals surface area contributed by atoms with Crippen LogP contribution in [0.2, 0.25) is 0 Å². The second-order valence-corrected chi connectivity index (χ2v) is 10.00. The highest BCUT2D eigenvalue weighted by molar-refractivity contribution is 5.63. The first-order chi connectivity index (χ1) is 19.5. The zero-order valence-corrected chi connectivity index (χ0v) is 23.0. The standard InChI is InChI=1S/C22H28F4N6O.C7H7F/c1-31(28)20(21(25)26)19(27)16-11-15(13-6-3-2-4-7-13)22(33)32(30-16)12-17-14(10-18(23)24)8-5-9-29-17;1-6-3-2-4-7(8)5-6/h5,8-9,11,13,18,21H,2-4,6-7,10,12,27-28H2,1H3;2-5H,1H3/b20-19-;. The molecular weight excluding hydrogens is 543 g/mol. The molecule has 1 aliphatic carbocycles. The summed E-state index contributed by atoms with van der Waals surface area (Å²) in [5, 5.41) is 4.93. The SMILES string of the molecule is CN(N)/C(=C(\N)c1cc(C2CCCCC2)c(=O)n(Cc2ncccc2CC(F)F)n1)C(F)F.Cc1cccc(F)c1. The van der Waals surface area contributed by atoms with Crippen LogP contribution in [0.25, 0.3) is 5.70 Å². The van der Waals surface area contributed by atoms with Gasteiger partial charge in [-0.2, -0.15) is 5.10 Å². The molecule has 41 heavy (non-hydrogen) atoms. The number of benzene rings is 1. The molecular formula is C29H35F5N6O. The van der Waals surface area contributed by atoms with Crippen molar-refractivity contribution in [3.8, 4) is 0 Å². The van der Waals surface area contributed by atoms with E-state index in [0.717, 1.165) is 47.4 Å². The molecule has 3 aromatic rings. The fourth-order valence-electron chi connectivity index (χ4n) is 4.81. The Labute approximate surface area is 235 Å². The number of halogens is 5. The third-order valence-corrected chi connectivity index (χ3v) is 6.82. The Morgan fingerprint density at radius 2 is 1.80 bits per heavy atom. The lowest BCUT2D eigenvalue weighted by atomic mass is 9.84. The third kappa shape index (κ3) is 8.84. The quantitative estimate of drug-likeness (QED) is 0.212.